The van der Waals surface area contributed by atoms with Gasteiger partial charge < -0.3 is 15.5 Å². The van der Waals surface area contributed by atoms with Crippen LogP contribution in [0, 0.1) is 6.92 Å². The Hall–Kier alpha value is -0.910. The van der Waals surface area contributed by atoms with Crippen molar-refractivity contribution in [3.63, 3.8) is 0 Å². The van der Waals surface area contributed by atoms with Crippen LogP contribution in [0.1, 0.15) is 30.6 Å². The standard InChI is InChI=1S/C11H17NO3S/c1-7-5-16-6-9(7)11(15)10(14)3-4-12-8(2)13/h5-6,10-11,14-15H,3-4H2,1-2H3,(H,12,13). The highest BCUT2D eigenvalue weighted by Gasteiger charge is 2.20. The Kier molecular flexibility index (Phi) is 4.92. The molecule has 4 nitrogen and oxygen atoms in total. The van der Waals surface area contributed by atoms with Gasteiger partial charge in [0.1, 0.15) is 6.10 Å². The molecule has 5 heteroatoms. The van der Waals surface area contributed by atoms with Crippen molar-refractivity contribution in [2.45, 2.75) is 32.5 Å². The summed E-state index contributed by atoms with van der Waals surface area (Å²) in [6.45, 7) is 3.69. The monoisotopic (exact) mass is 243 g/mol. The Morgan fingerprint density at radius 1 is 1.50 bits per heavy atom. The zero-order chi connectivity index (χ0) is 12.1. The first kappa shape index (κ1) is 13.2. The predicted octanol–water partition coefficient (Wildman–Crippen LogP) is 0.977. The molecule has 0 spiro atoms. The first-order valence-corrected chi connectivity index (χ1v) is 6.10. The Morgan fingerprint density at radius 2 is 2.19 bits per heavy atom. The van der Waals surface area contributed by atoms with Crippen molar-refractivity contribution >= 4 is 17.2 Å². The van der Waals surface area contributed by atoms with E-state index in [1.807, 2.05) is 17.7 Å². The molecule has 0 aliphatic carbocycles. The molecule has 0 saturated heterocycles. The average Bonchev–Trinajstić information content (AvgIpc) is 2.62. The van der Waals surface area contributed by atoms with Crippen molar-refractivity contribution in [1.82, 2.24) is 5.32 Å². The molecule has 0 fully saturated rings. The van der Waals surface area contributed by atoms with Gasteiger partial charge in [-0.05, 0) is 35.2 Å². The summed E-state index contributed by atoms with van der Waals surface area (Å²) in [5.74, 6) is -0.131. The smallest absolute Gasteiger partial charge is 0.216 e. The molecular weight excluding hydrogens is 226 g/mol. The molecule has 0 aromatic carbocycles. The van der Waals surface area contributed by atoms with Crippen molar-refractivity contribution in [3.8, 4) is 0 Å². The van der Waals surface area contributed by atoms with Crippen LogP contribution in [0.2, 0.25) is 0 Å². The maximum Gasteiger partial charge on any atom is 0.216 e. The van der Waals surface area contributed by atoms with Gasteiger partial charge in [-0.25, -0.2) is 0 Å². The van der Waals surface area contributed by atoms with Gasteiger partial charge in [0, 0.05) is 13.5 Å². The maximum absolute atomic E-state index is 10.6. The van der Waals surface area contributed by atoms with Gasteiger partial charge in [0.25, 0.3) is 0 Å². The van der Waals surface area contributed by atoms with Crippen molar-refractivity contribution < 1.29 is 15.0 Å². The Balaban J connectivity index is 2.45. The molecule has 0 bridgehead atoms. The lowest BCUT2D eigenvalue weighted by Gasteiger charge is -2.17. The molecule has 1 amide bonds. The van der Waals surface area contributed by atoms with E-state index >= 15 is 0 Å². The van der Waals surface area contributed by atoms with E-state index in [-0.39, 0.29) is 5.91 Å². The van der Waals surface area contributed by atoms with E-state index in [0.29, 0.717) is 13.0 Å². The lowest BCUT2D eigenvalue weighted by molar-refractivity contribution is -0.119. The van der Waals surface area contributed by atoms with Crippen molar-refractivity contribution in [1.29, 1.82) is 0 Å². The lowest BCUT2D eigenvalue weighted by Crippen LogP contribution is -2.27. The number of hydrogen-bond donors (Lipinski definition) is 3. The van der Waals surface area contributed by atoms with Crippen LogP contribution in [0.15, 0.2) is 10.8 Å². The van der Waals surface area contributed by atoms with E-state index in [4.69, 9.17) is 0 Å². The molecule has 1 aromatic rings. The minimum absolute atomic E-state index is 0.131. The topological polar surface area (TPSA) is 69.6 Å². The maximum atomic E-state index is 10.6. The summed E-state index contributed by atoms with van der Waals surface area (Å²) in [5.41, 5.74) is 1.75. The number of hydrogen-bond acceptors (Lipinski definition) is 4. The van der Waals surface area contributed by atoms with E-state index in [1.165, 1.54) is 18.3 Å². The molecule has 1 rings (SSSR count). The molecule has 0 aliphatic heterocycles. The van der Waals surface area contributed by atoms with Gasteiger partial charge in [0.15, 0.2) is 0 Å². The summed E-state index contributed by atoms with van der Waals surface area (Å²) in [7, 11) is 0. The molecule has 16 heavy (non-hydrogen) atoms. The third-order valence-corrected chi connectivity index (χ3v) is 3.27. The number of carbonyl (C=O) groups excluding carboxylic acids is 1. The number of thiophene rings is 1. The van der Waals surface area contributed by atoms with Crippen molar-refractivity contribution in [2.75, 3.05) is 6.54 Å². The average molecular weight is 243 g/mol. The van der Waals surface area contributed by atoms with Crippen LogP contribution in [0.5, 0.6) is 0 Å². The minimum atomic E-state index is -0.875. The number of aliphatic hydroxyl groups is 2. The number of aryl methyl sites for hydroxylation is 1. The zero-order valence-electron chi connectivity index (χ0n) is 9.43. The van der Waals surface area contributed by atoms with Crippen molar-refractivity contribution in [2.24, 2.45) is 0 Å². The van der Waals surface area contributed by atoms with Gasteiger partial charge in [0.05, 0.1) is 6.10 Å². The van der Waals surface area contributed by atoms with Crippen LogP contribution < -0.4 is 5.32 Å². The van der Waals surface area contributed by atoms with Gasteiger partial charge >= 0.3 is 0 Å². The van der Waals surface area contributed by atoms with E-state index in [9.17, 15) is 15.0 Å². The Labute approximate surface area is 98.9 Å². The molecule has 1 heterocycles. The molecule has 2 unspecified atom stereocenters. The highest BCUT2D eigenvalue weighted by Crippen LogP contribution is 2.25. The third-order valence-electron chi connectivity index (χ3n) is 2.39. The van der Waals surface area contributed by atoms with Crippen LogP contribution >= 0.6 is 11.3 Å². The van der Waals surface area contributed by atoms with Crippen molar-refractivity contribution in [3.05, 3.63) is 21.9 Å². The third kappa shape index (κ3) is 3.59. The predicted molar refractivity (Wildman–Crippen MR) is 63.3 cm³/mol. The first-order valence-electron chi connectivity index (χ1n) is 5.15. The van der Waals surface area contributed by atoms with Gasteiger partial charge in [-0.15, -0.1) is 0 Å². The Morgan fingerprint density at radius 3 is 2.69 bits per heavy atom. The zero-order valence-corrected chi connectivity index (χ0v) is 10.3. The fraction of sp³-hybridized carbons (Fsp3) is 0.545. The lowest BCUT2D eigenvalue weighted by atomic mass is 10.0. The molecule has 90 valence electrons. The van der Waals surface area contributed by atoms with E-state index in [2.05, 4.69) is 5.32 Å². The summed E-state index contributed by atoms with van der Waals surface area (Å²) in [5, 5.41) is 25.9. The van der Waals surface area contributed by atoms with Gasteiger partial charge in [-0.2, -0.15) is 11.3 Å². The summed E-state index contributed by atoms with van der Waals surface area (Å²) < 4.78 is 0. The number of nitrogens with one attached hydrogen (secondary N) is 1. The molecular formula is C11H17NO3S. The second-order valence-electron chi connectivity index (χ2n) is 3.79. The number of rotatable bonds is 5. The van der Waals surface area contributed by atoms with Crippen LogP contribution in [0.3, 0.4) is 0 Å². The molecule has 0 radical (unpaired) electrons. The fourth-order valence-electron chi connectivity index (χ4n) is 1.43. The van der Waals surface area contributed by atoms with Crippen LogP contribution in [-0.2, 0) is 4.79 Å². The van der Waals surface area contributed by atoms with Gasteiger partial charge in [0.2, 0.25) is 5.91 Å². The van der Waals surface area contributed by atoms with E-state index in [0.717, 1.165) is 11.1 Å². The normalized spacial score (nSPS) is 14.5. The van der Waals surface area contributed by atoms with Crippen LogP contribution in [0.25, 0.3) is 0 Å². The van der Waals surface area contributed by atoms with Crippen LogP contribution in [0.4, 0.5) is 0 Å². The second-order valence-corrected chi connectivity index (χ2v) is 4.54. The molecule has 0 aliphatic rings. The summed E-state index contributed by atoms with van der Waals surface area (Å²) in [6, 6.07) is 0. The largest absolute Gasteiger partial charge is 0.390 e. The van der Waals surface area contributed by atoms with Gasteiger partial charge in [-0.1, -0.05) is 0 Å². The summed E-state index contributed by atoms with van der Waals surface area (Å²) in [6.07, 6.45) is -1.38. The fourth-order valence-corrected chi connectivity index (χ4v) is 2.31. The van der Waals surface area contributed by atoms with Crippen LogP contribution in [-0.4, -0.2) is 28.8 Å². The van der Waals surface area contributed by atoms with Gasteiger partial charge in [-0.3, -0.25) is 4.79 Å². The van der Waals surface area contributed by atoms with E-state index in [1.54, 1.807) is 0 Å². The van der Waals surface area contributed by atoms with E-state index < -0.39 is 12.2 Å². The molecule has 1 aromatic heterocycles. The number of carbonyl (C=O) groups is 1. The Bertz CT molecular complexity index is 351. The second kappa shape index (κ2) is 5.98. The summed E-state index contributed by atoms with van der Waals surface area (Å²) >= 11 is 1.50. The first-order chi connectivity index (χ1) is 7.52. The highest BCUT2D eigenvalue weighted by molar-refractivity contribution is 7.08. The molecule has 2 atom stereocenters. The number of aliphatic hydroxyl groups excluding tert-OH is 2. The number of amides is 1. The quantitative estimate of drug-likeness (QED) is 0.722. The molecule has 3 N–H and O–H groups in total. The molecule has 0 saturated carbocycles. The minimum Gasteiger partial charge on any atom is -0.390 e. The highest BCUT2D eigenvalue weighted by atomic mass is 32.1. The summed E-state index contributed by atoms with van der Waals surface area (Å²) in [4.78, 5) is 10.6. The SMILES string of the molecule is CC(=O)NCCC(O)C(O)c1cscc1C.